The van der Waals surface area contributed by atoms with Gasteiger partial charge in [0, 0.05) is 39.7 Å². The van der Waals surface area contributed by atoms with Crippen LogP contribution in [0.15, 0.2) is 47.8 Å². The molecule has 0 aliphatic carbocycles. The average Bonchev–Trinajstić information content (AvgIpc) is 3.44. The van der Waals surface area contributed by atoms with Gasteiger partial charge in [-0.1, -0.05) is 41.4 Å². The van der Waals surface area contributed by atoms with Crippen molar-refractivity contribution in [3.63, 3.8) is 0 Å². The zero-order chi connectivity index (χ0) is 20.9. The minimum absolute atomic E-state index is 0.107. The van der Waals surface area contributed by atoms with Gasteiger partial charge in [-0.3, -0.25) is 4.79 Å². The molecule has 0 spiro atoms. The van der Waals surface area contributed by atoms with Gasteiger partial charge in [0.2, 0.25) is 0 Å². The first-order valence-electron chi connectivity index (χ1n) is 9.61. The van der Waals surface area contributed by atoms with Crippen LogP contribution in [0, 0.1) is 0 Å². The van der Waals surface area contributed by atoms with E-state index >= 15 is 0 Å². The summed E-state index contributed by atoms with van der Waals surface area (Å²) >= 11 is 13.6. The fourth-order valence-electron chi connectivity index (χ4n) is 3.13. The summed E-state index contributed by atoms with van der Waals surface area (Å²) in [7, 11) is 0. The van der Waals surface area contributed by atoms with Gasteiger partial charge >= 0.3 is 0 Å². The van der Waals surface area contributed by atoms with Crippen molar-refractivity contribution in [2.75, 3.05) is 13.2 Å². The molecule has 4 rings (SSSR count). The first kappa shape index (κ1) is 21.1. The van der Waals surface area contributed by atoms with Gasteiger partial charge in [-0.05, 0) is 37.1 Å². The Hall–Kier alpha value is -2.12. The number of halogens is 2. The van der Waals surface area contributed by atoms with E-state index in [0.29, 0.717) is 34.6 Å². The molecule has 30 heavy (non-hydrogen) atoms. The molecule has 1 atom stereocenters. The normalized spacial score (nSPS) is 15.9. The number of rotatable bonds is 7. The molecular formula is C22H20Cl2N2O3S. The van der Waals surface area contributed by atoms with E-state index in [0.717, 1.165) is 35.6 Å². The summed E-state index contributed by atoms with van der Waals surface area (Å²) in [6, 6.07) is 12.9. The third kappa shape index (κ3) is 5.32. The van der Waals surface area contributed by atoms with Gasteiger partial charge < -0.3 is 14.8 Å². The number of aromatic nitrogens is 1. The monoisotopic (exact) mass is 462 g/mol. The topological polar surface area (TPSA) is 60.5 Å². The highest BCUT2D eigenvalue weighted by molar-refractivity contribution is 7.13. The molecule has 0 bridgehead atoms. The van der Waals surface area contributed by atoms with E-state index in [4.69, 9.17) is 32.7 Å². The van der Waals surface area contributed by atoms with E-state index in [9.17, 15) is 4.79 Å². The van der Waals surface area contributed by atoms with Crippen LogP contribution in [0.4, 0.5) is 0 Å². The number of ether oxygens (including phenoxy) is 2. The summed E-state index contributed by atoms with van der Waals surface area (Å²) < 4.78 is 11.4. The van der Waals surface area contributed by atoms with E-state index in [2.05, 4.69) is 10.3 Å². The maximum atomic E-state index is 12.4. The first-order chi connectivity index (χ1) is 14.6. The van der Waals surface area contributed by atoms with Crippen LogP contribution in [-0.4, -0.2) is 30.1 Å². The van der Waals surface area contributed by atoms with E-state index in [1.54, 1.807) is 17.5 Å². The van der Waals surface area contributed by atoms with Crippen LogP contribution in [0.2, 0.25) is 10.0 Å². The summed E-state index contributed by atoms with van der Waals surface area (Å²) in [6.45, 7) is 1.61. The van der Waals surface area contributed by atoms with Crippen molar-refractivity contribution >= 4 is 40.4 Å². The molecule has 1 fully saturated rings. The molecule has 2 aromatic carbocycles. The van der Waals surface area contributed by atoms with Crippen molar-refractivity contribution in [1.29, 1.82) is 0 Å². The zero-order valence-electron chi connectivity index (χ0n) is 16.1. The molecule has 1 aliphatic rings. The van der Waals surface area contributed by atoms with E-state index < -0.39 is 0 Å². The van der Waals surface area contributed by atoms with Crippen LogP contribution < -0.4 is 10.1 Å². The summed E-state index contributed by atoms with van der Waals surface area (Å²) in [6.07, 6.45) is 2.13. The lowest BCUT2D eigenvalue weighted by Crippen LogP contribution is -2.31. The Kier molecular flexibility index (Phi) is 6.89. The molecule has 2 heterocycles. The Morgan fingerprint density at radius 2 is 2.17 bits per heavy atom. The fourth-order valence-corrected chi connectivity index (χ4v) is 4.39. The molecule has 0 saturated carbocycles. The molecule has 3 aromatic rings. The number of nitrogens with zero attached hydrogens (tertiary/aromatic N) is 1. The van der Waals surface area contributed by atoms with Crippen LogP contribution in [0.3, 0.4) is 0 Å². The molecule has 1 aromatic heterocycles. The third-order valence-electron chi connectivity index (χ3n) is 4.74. The molecule has 0 unspecified atom stereocenters. The number of nitrogens with one attached hydrogen (secondary N) is 1. The molecule has 1 saturated heterocycles. The Labute approximate surface area is 188 Å². The second-order valence-electron chi connectivity index (χ2n) is 6.94. The van der Waals surface area contributed by atoms with E-state index in [-0.39, 0.29) is 12.0 Å². The number of hydrogen-bond acceptors (Lipinski definition) is 5. The Morgan fingerprint density at radius 1 is 1.27 bits per heavy atom. The fraction of sp³-hybridized carbons (Fsp3) is 0.273. The summed E-state index contributed by atoms with van der Waals surface area (Å²) in [5.41, 5.74) is 2.15. The molecule has 8 heteroatoms. The third-order valence-corrected chi connectivity index (χ3v) is 6.22. The van der Waals surface area contributed by atoms with Crippen molar-refractivity contribution in [2.24, 2.45) is 0 Å². The van der Waals surface area contributed by atoms with Gasteiger partial charge in [-0.15, -0.1) is 11.3 Å². The number of hydrogen-bond donors (Lipinski definition) is 1. The van der Waals surface area contributed by atoms with Crippen LogP contribution in [0.1, 0.15) is 28.9 Å². The van der Waals surface area contributed by atoms with Crippen LogP contribution >= 0.6 is 34.5 Å². The highest BCUT2D eigenvalue weighted by atomic mass is 35.5. The Morgan fingerprint density at radius 3 is 2.97 bits per heavy atom. The van der Waals surface area contributed by atoms with Crippen molar-refractivity contribution in [1.82, 2.24) is 10.3 Å². The van der Waals surface area contributed by atoms with Crippen molar-refractivity contribution < 1.29 is 14.3 Å². The highest BCUT2D eigenvalue weighted by Gasteiger charge is 2.18. The predicted octanol–water partition coefficient (Wildman–Crippen LogP) is 5.60. The minimum Gasteiger partial charge on any atom is -0.489 e. The lowest BCUT2D eigenvalue weighted by Gasteiger charge is -2.09. The summed E-state index contributed by atoms with van der Waals surface area (Å²) in [4.78, 5) is 16.8. The standard InChI is InChI=1S/C22H20Cl2N2O3S/c23-16-7-6-15(19(24)10-16)12-29-17-4-1-3-14(9-17)22-26-20(13-30-22)21(27)25-11-18-5-2-8-28-18/h1,3-4,6-7,9-10,13,18H,2,5,8,11-12H2,(H,25,27)/t18-/m0/s1. The summed E-state index contributed by atoms with van der Waals surface area (Å²) in [5.74, 6) is 0.510. The van der Waals surface area contributed by atoms with Gasteiger partial charge in [0.05, 0.1) is 6.10 Å². The first-order valence-corrected chi connectivity index (χ1v) is 11.2. The number of carbonyl (C=O) groups excluding carboxylic acids is 1. The SMILES string of the molecule is O=C(NC[C@@H]1CCCO1)c1csc(-c2cccc(OCc3ccc(Cl)cc3Cl)c2)n1. The summed E-state index contributed by atoms with van der Waals surface area (Å²) in [5, 5.41) is 6.58. The number of amides is 1. The predicted molar refractivity (Wildman–Crippen MR) is 120 cm³/mol. The largest absolute Gasteiger partial charge is 0.489 e. The Bertz CT molecular complexity index is 1030. The maximum Gasteiger partial charge on any atom is 0.270 e. The Balaban J connectivity index is 1.39. The highest BCUT2D eigenvalue weighted by Crippen LogP contribution is 2.28. The zero-order valence-corrected chi connectivity index (χ0v) is 18.4. The minimum atomic E-state index is -0.183. The molecule has 156 valence electrons. The molecule has 0 radical (unpaired) electrons. The van der Waals surface area contributed by atoms with Crippen LogP contribution in [-0.2, 0) is 11.3 Å². The van der Waals surface area contributed by atoms with Gasteiger partial charge in [0.25, 0.3) is 5.91 Å². The lowest BCUT2D eigenvalue weighted by atomic mass is 10.2. The number of thiazole rings is 1. The average molecular weight is 463 g/mol. The lowest BCUT2D eigenvalue weighted by molar-refractivity contribution is 0.0854. The van der Waals surface area contributed by atoms with Crippen molar-refractivity contribution in [2.45, 2.75) is 25.6 Å². The second kappa shape index (κ2) is 9.79. The molecule has 1 N–H and O–H groups in total. The smallest absolute Gasteiger partial charge is 0.270 e. The molecule has 5 nitrogen and oxygen atoms in total. The number of carbonyl (C=O) groups is 1. The second-order valence-corrected chi connectivity index (χ2v) is 8.64. The van der Waals surface area contributed by atoms with E-state index in [1.807, 2.05) is 30.3 Å². The van der Waals surface area contributed by atoms with Gasteiger partial charge in [-0.25, -0.2) is 4.98 Å². The van der Waals surface area contributed by atoms with Crippen LogP contribution in [0.25, 0.3) is 10.6 Å². The van der Waals surface area contributed by atoms with E-state index in [1.165, 1.54) is 11.3 Å². The van der Waals surface area contributed by atoms with Gasteiger partial charge in [-0.2, -0.15) is 0 Å². The molecule has 1 amide bonds. The molecule has 1 aliphatic heterocycles. The molecular weight excluding hydrogens is 443 g/mol. The van der Waals surface area contributed by atoms with Gasteiger partial charge in [0.1, 0.15) is 23.1 Å². The number of benzene rings is 2. The van der Waals surface area contributed by atoms with Gasteiger partial charge in [0.15, 0.2) is 0 Å². The van der Waals surface area contributed by atoms with Crippen molar-refractivity contribution in [3.8, 4) is 16.3 Å². The quantitative estimate of drug-likeness (QED) is 0.495. The van der Waals surface area contributed by atoms with Crippen LogP contribution in [0.5, 0.6) is 5.75 Å². The maximum absolute atomic E-state index is 12.4. The van der Waals surface area contributed by atoms with Crippen molar-refractivity contribution in [3.05, 3.63) is 69.1 Å².